The summed E-state index contributed by atoms with van der Waals surface area (Å²) in [5.74, 6) is -0.262. The van der Waals surface area contributed by atoms with Crippen molar-refractivity contribution in [2.75, 3.05) is 7.11 Å². The summed E-state index contributed by atoms with van der Waals surface area (Å²) in [6.07, 6.45) is 0.251. The summed E-state index contributed by atoms with van der Waals surface area (Å²) in [6.45, 7) is 1.88. The number of carbonyl (C=O) groups is 1. The molecule has 14 heavy (non-hydrogen) atoms. The zero-order valence-electron chi connectivity index (χ0n) is 7.93. The highest BCUT2D eigenvalue weighted by Crippen LogP contribution is 2.25. The zero-order valence-corrected chi connectivity index (χ0v) is 10.3. The van der Waals surface area contributed by atoms with Gasteiger partial charge < -0.3 is 4.74 Å². The maximum absolute atomic E-state index is 11.1. The number of halogens is 2. The van der Waals surface area contributed by atoms with Crippen LogP contribution in [0, 0.1) is 6.92 Å². The normalized spacial score (nSPS) is 10.0. The van der Waals surface area contributed by atoms with Crippen molar-refractivity contribution in [3.05, 3.63) is 32.8 Å². The maximum atomic E-state index is 11.1. The van der Waals surface area contributed by atoms with E-state index in [1.807, 2.05) is 13.0 Å². The Hall–Kier alpha value is -0.540. The zero-order chi connectivity index (χ0) is 10.7. The third-order valence-electron chi connectivity index (χ3n) is 1.98. The van der Waals surface area contributed by atoms with Crippen LogP contribution in [-0.4, -0.2) is 13.1 Å². The predicted octanol–water partition coefficient (Wildman–Crippen LogP) is 3.13. The third kappa shape index (κ3) is 2.72. The molecule has 1 aromatic rings. The SMILES string of the molecule is COC(=O)Cc1cc(Br)cc(Cl)c1C. The molecule has 0 heterocycles. The van der Waals surface area contributed by atoms with Gasteiger partial charge in [-0.25, -0.2) is 0 Å². The molecule has 0 radical (unpaired) electrons. The molecule has 0 saturated heterocycles. The van der Waals surface area contributed by atoms with Crippen LogP contribution in [0.25, 0.3) is 0 Å². The Kier molecular flexibility index (Phi) is 3.96. The molecule has 1 rings (SSSR count). The van der Waals surface area contributed by atoms with Crippen LogP contribution in [0.4, 0.5) is 0 Å². The van der Waals surface area contributed by atoms with E-state index in [0.717, 1.165) is 15.6 Å². The van der Waals surface area contributed by atoms with Crippen molar-refractivity contribution < 1.29 is 9.53 Å². The second-order valence-corrected chi connectivity index (χ2v) is 4.25. The van der Waals surface area contributed by atoms with E-state index in [4.69, 9.17) is 11.6 Å². The van der Waals surface area contributed by atoms with Crippen LogP contribution in [0.2, 0.25) is 5.02 Å². The average Bonchev–Trinajstić information content (AvgIpc) is 2.13. The summed E-state index contributed by atoms with van der Waals surface area (Å²) in [5, 5.41) is 0.651. The summed E-state index contributed by atoms with van der Waals surface area (Å²) in [6, 6.07) is 3.68. The van der Waals surface area contributed by atoms with E-state index in [1.54, 1.807) is 6.07 Å². The molecule has 0 atom stereocenters. The van der Waals surface area contributed by atoms with E-state index >= 15 is 0 Å². The Labute approximate surface area is 96.3 Å². The summed E-state index contributed by atoms with van der Waals surface area (Å²) >= 11 is 9.29. The van der Waals surface area contributed by atoms with Crippen molar-refractivity contribution >= 4 is 33.5 Å². The van der Waals surface area contributed by atoms with Gasteiger partial charge in [-0.3, -0.25) is 4.79 Å². The lowest BCUT2D eigenvalue weighted by Gasteiger charge is -2.07. The van der Waals surface area contributed by atoms with Gasteiger partial charge in [0.25, 0.3) is 0 Å². The molecule has 0 aliphatic rings. The predicted molar refractivity (Wildman–Crippen MR) is 59.6 cm³/mol. The number of rotatable bonds is 2. The quantitative estimate of drug-likeness (QED) is 0.776. The molecule has 0 aromatic heterocycles. The number of benzene rings is 1. The molecule has 0 N–H and O–H groups in total. The van der Waals surface area contributed by atoms with Crippen LogP contribution >= 0.6 is 27.5 Å². The molecular weight excluding hydrogens is 267 g/mol. The Balaban J connectivity index is 3.02. The van der Waals surface area contributed by atoms with Crippen molar-refractivity contribution in [3.63, 3.8) is 0 Å². The minimum Gasteiger partial charge on any atom is -0.469 e. The molecule has 0 saturated carbocycles. The molecule has 0 aliphatic carbocycles. The van der Waals surface area contributed by atoms with Crippen LogP contribution in [0.15, 0.2) is 16.6 Å². The maximum Gasteiger partial charge on any atom is 0.309 e. The molecule has 0 spiro atoms. The van der Waals surface area contributed by atoms with E-state index < -0.39 is 0 Å². The fraction of sp³-hybridized carbons (Fsp3) is 0.300. The van der Waals surface area contributed by atoms with Crippen LogP contribution in [0.5, 0.6) is 0 Å². The molecule has 0 amide bonds. The largest absolute Gasteiger partial charge is 0.469 e. The summed E-state index contributed by atoms with van der Waals surface area (Å²) in [7, 11) is 1.37. The van der Waals surface area contributed by atoms with E-state index in [0.29, 0.717) is 5.02 Å². The van der Waals surface area contributed by atoms with Gasteiger partial charge in [0.1, 0.15) is 0 Å². The molecule has 1 aromatic carbocycles. The molecule has 0 aliphatic heterocycles. The van der Waals surface area contributed by atoms with Crippen molar-refractivity contribution in [2.24, 2.45) is 0 Å². The summed E-state index contributed by atoms with van der Waals surface area (Å²) in [5.41, 5.74) is 1.80. The topological polar surface area (TPSA) is 26.3 Å². The first-order valence-corrected chi connectivity index (χ1v) is 5.23. The summed E-state index contributed by atoms with van der Waals surface area (Å²) < 4.78 is 5.46. The van der Waals surface area contributed by atoms with Crippen molar-refractivity contribution in [1.29, 1.82) is 0 Å². The summed E-state index contributed by atoms with van der Waals surface area (Å²) in [4.78, 5) is 11.1. The van der Waals surface area contributed by atoms with Crippen molar-refractivity contribution in [1.82, 2.24) is 0 Å². The van der Waals surface area contributed by atoms with Gasteiger partial charge in [0, 0.05) is 9.50 Å². The van der Waals surface area contributed by atoms with E-state index in [-0.39, 0.29) is 12.4 Å². The number of hydrogen-bond donors (Lipinski definition) is 0. The van der Waals surface area contributed by atoms with Gasteiger partial charge in [-0.05, 0) is 30.2 Å². The lowest BCUT2D eigenvalue weighted by molar-refractivity contribution is -0.139. The van der Waals surface area contributed by atoms with Crippen LogP contribution in [0.3, 0.4) is 0 Å². The second-order valence-electron chi connectivity index (χ2n) is 2.92. The van der Waals surface area contributed by atoms with Gasteiger partial charge in [0.15, 0.2) is 0 Å². The van der Waals surface area contributed by atoms with Gasteiger partial charge >= 0.3 is 5.97 Å². The Morgan fingerprint density at radius 1 is 1.57 bits per heavy atom. The van der Waals surface area contributed by atoms with E-state index in [1.165, 1.54) is 7.11 Å². The first kappa shape index (κ1) is 11.5. The Bertz CT molecular complexity index is 363. The van der Waals surface area contributed by atoms with Crippen molar-refractivity contribution in [3.8, 4) is 0 Å². The monoisotopic (exact) mass is 276 g/mol. The highest BCUT2D eigenvalue weighted by molar-refractivity contribution is 9.10. The molecule has 4 heteroatoms. The first-order valence-electron chi connectivity index (χ1n) is 4.06. The number of methoxy groups -OCH3 is 1. The highest BCUT2D eigenvalue weighted by atomic mass is 79.9. The fourth-order valence-corrected chi connectivity index (χ4v) is 1.99. The number of esters is 1. The molecule has 2 nitrogen and oxygen atoms in total. The van der Waals surface area contributed by atoms with Gasteiger partial charge in [-0.15, -0.1) is 0 Å². The number of carbonyl (C=O) groups excluding carboxylic acids is 1. The lowest BCUT2D eigenvalue weighted by Crippen LogP contribution is -2.06. The van der Waals surface area contributed by atoms with E-state index in [9.17, 15) is 4.79 Å². The van der Waals surface area contributed by atoms with E-state index in [2.05, 4.69) is 20.7 Å². The smallest absolute Gasteiger partial charge is 0.309 e. The number of ether oxygens (including phenoxy) is 1. The highest BCUT2D eigenvalue weighted by Gasteiger charge is 2.09. The molecule has 0 unspecified atom stereocenters. The first-order chi connectivity index (χ1) is 6.54. The van der Waals surface area contributed by atoms with Crippen LogP contribution in [-0.2, 0) is 16.0 Å². The number of hydrogen-bond acceptors (Lipinski definition) is 2. The molecule has 76 valence electrons. The van der Waals surface area contributed by atoms with Gasteiger partial charge in [0.2, 0.25) is 0 Å². The minimum absolute atomic E-state index is 0.251. The fourth-order valence-electron chi connectivity index (χ4n) is 1.11. The Morgan fingerprint density at radius 3 is 2.79 bits per heavy atom. The van der Waals surface area contributed by atoms with Gasteiger partial charge in [-0.1, -0.05) is 27.5 Å². The van der Waals surface area contributed by atoms with Crippen LogP contribution < -0.4 is 0 Å². The standard InChI is InChI=1S/C10H10BrClO2/c1-6-7(4-10(13)14-2)3-8(11)5-9(6)12/h3,5H,4H2,1-2H3. The average molecular weight is 278 g/mol. The third-order valence-corrected chi connectivity index (χ3v) is 2.83. The lowest BCUT2D eigenvalue weighted by atomic mass is 10.1. The van der Waals surface area contributed by atoms with Crippen molar-refractivity contribution in [2.45, 2.75) is 13.3 Å². The van der Waals surface area contributed by atoms with Gasteiger partial charge in [0.05, 0.1) is 13.5 Å². The molecular formula is C10H10BrClO2. The second kappa shape index (κ2) is 4.80. The molecule has 0 bridgehead atoms. The Morgan fingerprint density at radius 2 is 2.21 bits per heavy atom. The van der Waals surface area contributed by atoms with Gasteiger partial charge in [-0.2, -0.15) is 0 Å². The van der Waals surface area contributed by atoms with Crippen LogP contribution in [0.1, 0.15) is 11.1 Å². The molecule has 0 fully saturated rings. The minimum atomic E-state index is -0.262.